The van der Waals surface area contributed by atoms with Crippen molar-refractivity contribution < 1.29 is 4.74 Å². The van der Waals surface area contributed by atoms with Crippen LogP contribution < -0.4 is 5.73 Å². The summed E-state index contributed by atoms with van der Waals surface area (Å²) >= 11 is 6.06. The van der Waals surface area contributed by atoms with Crippen LogP contribution in [0.4, 0.5) is 0 Å². The Morgan fingerprint density at radius 3 is 2.47 bits per heavy atom. The Hall–Kier alpha value is -0.570. The number of ether oxygens (including phenoxy) is 1. The molecular formula is C16H26ClNO. The first kappa shape index (κ1) is 16.5. The third-order valence-electron chi connectivity index (χ3n) is 3.22. The first-order valence-electron chi connectivity index (χ1n) is 7.10. The monoisotopic (exact) mass is 283 g/mol. The van der Waals surface area contributed by atoms with E-state index in [9.17, 15) is 0 Å². The van der Waals surface area contributed by atoms with Gasteiger partial charge in [0.2, 0.25) is 0 Å². The molecule has 0 radical (unpaired) electrons. The second-order valence-electron chi connectivity index (χ2n) is 5.62. The predicted octanol–water partition coefficient (Wildman–Crippen LogP) is 4.57. The Labute approximate surface area is 122 Å². The van der Waals surface area contributed by atoms with E-state index >= 15 is 0 Å². The van der Waals surface area contributed by atoms with Crippen LogP contribution in [0.3, 0.4) is 0 Å². The number of hydrogen-bond donors (Lipinski definition) is 1. The lowest BCUT2D eigenvalue weighted by Gasteiger charge is -2.28. The van der Waals surface area contributed by atoms with Gasteiger partial charge < -0.3 is 10.5 Å². The second-order valence-corrected chi connectivity index (χ2v) is 6.06. The third-order valence-corrected chi connectivity index (χ3v) is 3.45. The Balaban J connectivity index is 2.83. The number of hydrogen-bond acceptors (Lipinski definition) is 2. The van der Waals surface area contributed by atoms with Gasteiger partial charge in [0.15, 0.2) is 0 Å². The van der Waals surface area contributed by atoms with E-state index in [1.165, 1.54) is 0 Å². The summed E-state index contributed by atoms with van der Waals surface area (Å²) in [5.41, 5.74) is 7.28. The van der Waals surface area contributed by atoms with Crippen molar-refractivity contribution in [1.82, 2.24) is 0 Å². The van der Waals surface area contributed by atoms with Crippen molar-refractivity contribution in [3.8, 4) is 0 Å². The highest BCUT2D eigenvalue weighted by atomic mass is 35.5. The van der Waals surface area contributed by atoms with E-state index in [4.69, 9.17) is 22.1 Å². The van der Waals surface area contributed by atoms with Crippen LogP contribution >= 0.6 is 11.6 Å². The Kier molecular flexibility index (Phi) is 6.84. The average molecular weight is 284 g/mol. The molecule has 0 aromatic heterocycles. The van der Waals surface area contributed by atoms with Crippen molar-refractivity contribution in [3.05, 3.63) is 34.9 Å². The van der Waals surface area contributed by atoms with E-state index in [-0.39, 0.29) is 18.2 Å². The SMILES string of the molecule is CCC(N)C(OC(C)CC(C)C)c1cccc(Cl)c1. The van der Waals surface area contributed by atoms with Crippen molar-refractivity contribution in [3.63, 3.8) is 0 Å². The average Bonchev–Trinajstić information content (AvgIpc) is 2.34. The topological polar surface area (TPSA) is 35.2 Å². The van der Waals surface area contributed by atoms with Gasteiger partial charge in [-0.1, -0.05) is 44.5 Å². The van der Waals surface area contributed by atoms with Gasteiger partial charge in [0.25, 0.3) is 0 Å². The molecule has 0 saturated carbocycles. The van der Waals surface area contributed by atoms with Crippen LogP contribution in [-0.2, 0) is 4.74 Å². The standard InChI is InChI=1S/C16H26ClNO/c1-5-15(18)16(19-12(4)9-11(2)3)13-7-6-8-14(17)10-13/h6-8,10-12,15-16H,5,9,18H2,1-4H3. The zero-order valence-electron chi connectivity index (χ0n) is 12.4. The number of halogens is 1. The molecule has 0 saturated heterocycles. The Morgan fingerprint density at radius 1 is 1.26 bits per heavy atom. The molecule has 3 atom stereocenters. The predicted molar refractivity (Wildman–Crippen MR) is 82.5 cm³/mol. The van der Waals surface area contributed by atoms with Gasteiger partial charge in [-0.25, -0.2) is 0 Å². The second kappa shape index (κ2) is 7.88. The fourth-order valence-corrected chi connectivity index (χ4v) is 2.49. The van der Waals surface area contributed by atoms with Crippen molar-refractivity contribution in [2.24, 2.45) is 11.7 Å². The summed E-state index contributed by atoms with van der Waals surface area (Å²) in [6.45, 7) is 8.60. The smallest absolute Gasteiger partial charge is 0.0979 e. The quantitative estimate of drug-likeness (QED) is 0.795. The minimum atomic E-state index is -0.0857. The molecule has 0 amide bonds. The molecule has 0 aliphatic heterocycles. The van der Waals surface area contributed by atoms with Gasteiger partial charge in [-0.3, -0.25) is 0 Å². The van der Waals surface area contributed by atoms with Gasteiger partial charge in [-0.2, -0.15) is 0 Å². The Bertz CT molecular complexity index is 381. The minimum Gasteiger partial charge on any atom is -0.369 e. The van der Waals surface area contributed by atoms with Gasteiger partial charge in [-0.05, 0) is 43.4 Å². The van der Waals surface area contributed by atoms with Crippen LogP contribution in [0.1, 0.15) is 52.2 Å². The summed E-state index contributed by atoms with van der Waals surface area (Å²) in [6.07, 6.45) is 2.03. The summed E-state index contributed by atoms with van der Waals surface area (Å²) < 4.78 is 6.17. The zero-order valence-corrected chi connectivity index (χ0v) is 13.2. The molecule has 2 nitrogen and oxygen atoms in total. The Morgan fingerprint density at radius 2 is 1.95 bits per heavy atom. The van der Waals surface area contributed by atoms with Gasteiger partial charge in [0.05, 0.1) is 12.2 Å². The van der Waals surface area contributed by atoms with Crippen LogP contribution in [0, 0.1) is 5.92 Å². The van der Waals surface area contributed by atoms with Gasteiger partial charge in [0.1, 0.15) is 0 Å². The lowest BCUT2D eigenvalue weighted by Crippen LogP contribution is -2.32. The maximum Gasteiger partial charge on any atom is 0.0979 e. The van der Waals surface area contributed by atoms with Crippen LogP contribution in [-0.4, -0.2) is 12.1 Å². The van der Waals surface area contributed by atoms with Gasteiger partial charge in [-0.15, -0.1) is 0 Å². The van der Waals surface area contributed by atoms with Crippen molar-refractivity contribution in [2.45, 2.75) is 58.8 Å². The summed E-state index contributed by atoms with van der Waals surface area (Å²) in [5, 5.41) is 0.728. The molecule has 3 heteroatoms. The molecule has 1 aromatic carbocycles. The molecule has 0 bridgehead atoms. The highest BCUT2D eigenvalue weighted by molar-refractivity contribution is 6.30. The highest BCUT2D eigenvalue weighted by Gasteiger charge is 2.22. The van der Waals surface area contributed by atoms with Crippen LogP contribution in [0.5, 0.6) is 0 Å². The van der Waals surface area contributed by atoms with E-state index in [0.29, 0.717) is 5.92 Å². The minimum absolute atomic E-state index is 0.00641. The molecule has 0 aliphatic carbocycles. The fraction of sp³-hybridized carbons (Fsp3) is 0.625. The van der Waals surface area contributed by atoms with Gasteiger partial charge >= 0.3 is 0 Å². The normalized spacial score (nSPS) is 16.4. The molecular weight excluding hydrogens is 258 g/mol. The molecule has 0 fully saturated rings. The lowest BCUT2D eigenvalue weighted by molar-refractivity contribution is -0.0270. The third kappa shape index (κ3) is 5.52. The largest absolute Gasteiger partial charge is 0.369 e. The molecule has 0 heterocycles. The molecule has 3 unspecified atom stereocenters. The van der Waals surface area contributed by atoms with E-state index in [1.807, 2.05) is 24.3 Å². The number of rotatable bonds is 7. The molecule has 1 aromatic rings. The summed E-state index contributed by atoms with van der Waals surface area (Å²) in [4.78, 5) is 0. The number of nitrogens with two attached hydrogens (primary N) is 1. The summed E-state index contributed by atoms with van der Waals surface area (Å²) in [7, 11) is 0. The molecule has 2 N–H and O–H groups in total. The maximum atomic E-state index is 6.21. The summed E-state index contributed by atoms with van der Waals surface area (Å²) in [5.74, 6) is 0.618. The van der Waals surface area contributed by atoms with E-state index in [0.717, 1.165) is 23.4 Å². The molecule has 0 spiro atoms. The van der Waals surface area contributed by atoms with Crippen LogP contribution in [0.2, 0.25) is 5.02 Å². The van der Waals surface area contributed by atoms with Crippen LogP contribution in [0.25, 0.3) is 0 Å². The molecule has 1 rings (SSSR count). The first-order chi connectivity index (χ1) is 8.93. The number of benzene rings is 1. The van der Waals surface area contributed by atoms with Crippen LogP contribution in [0.15, 0.2) is 24.3 Å². The fourth-order valence-electron chi connectivity index (χ4n) is 2.29. The van der Waals surface area contributed by atoms with E-state index < -0.39 is 0 Å². The van der Waals surface area contributed by atoms with E-state index in [1.54, 1.807) is 0 Å². The van der Waals surface area contributed by atoms with Crippen molar-refractivity contribution in [1.29, 1.82) is 0 Å². The van der Waals surface area contributed by atoms with Crippen molar-refractivity contribution >= 4 is 11.6 Å². The zero-order chi connectivity index (χ0) is 14.4. The molecule has 19 heavy (non-hydrogen) atoms. The van der Waals surface area contributed by atoms with Crippen molar-refractivity contribution in [2.75, 3.05) is 0 Å². The first-order valence-corrected chi connectivity index (χ1v) is 7.48. The lowest BCUT2D eigenvalue weighted by atomic mass is 10.00. The van der Waals surface area contributed by atoms with Gasteiger partial charge in [0, 0.05) is 11.1 Å². The molecule has 0 aliphatic rings. The maximum absolute atomic E-state index is 6.21. The molecule has 108 valence electrons. The summed E-state index contributed by atoms with van der Waals surface area (Å²) in [6, 6.07) is 7.80. The van der Waals surface area contributed by atoms with E-state index in [2.05, 4.69) is 27.7 Å². The highest BCUT2D eigenvalue weighted by Crippen LogP contribution is 2.27.